The Labute approximate surface area is 45.1 Å². The van der Waals surface area contributed by atoms with Gasteiger partial charge in [-0.15, -0.1) is 0 Å². The molecule has 0 fully saturated rings. The van der Waals surface area contributed by atoms with Gasteiger partial charge in [0.2, 0.25) is 0 Å². The van der Waals surface area contributed by atoms with Crippen molar-refractivity contribution in [3.05, 3.63) is 0 Å². The lowest BCUT2D eigenvalue weighted by Gasteiger charge is -1.91. The summed E-state index contributed by atoms with van der Waals surface area (Å²) < 4.78 is 0. The molecule has 0 spiro atoms. The Morgan fingerprint density at radius 3 is 2.00 bits per heavy atom. The number of hydrogen-bond acceptors (Lipinski definition) is 3. The molecule has 2 amide bonds. The van der Waals surface area contributed by atoms with E-state index < -0.39 is 11.8 Å². The third kappa shape index (κ3) is 1.54. The lowest BCUT2D eigenvalue weighted by atomic mass is 10.6. The topological polar surface area (TPSA) is 107 Å². The normalized spacial score (nSPS) is 7.75. The van der Waals surface area contributed by atoms with E-state index in [0.717, 1.165) is 5.43 Å². The van der Waals surface area contributed by atoms with Gasteiger partial charge in [-0.3, -0.25) is 15.0 Å². The smallest absolute Gasteiger partial charge is 0.286 e. The number of nitrogens with two attached hydrogens (primary N) is 1. The molecule has 4 N–H and O–H groups in total. The van der Waals surface area contributed by atoms with Gasteiger partial charge in [0.25, 0.3) is 0 Å². The van der Waals surface area contributed by atoms with Crippen molar-refractivity contribution in [2.75, 3.05) is 0 Å². The second-order valence-corrected chi connectivity index (χ2v) is 0.914. The highest BCUT2D eigenvalue weighted by molar-refractivity contribution is 6.34. The van der Waals surface area contributed by atoms with E-state index in [2.05, 4.69) is 5.84 Å². The lowest BCUT2D eigenvalue weighted by molar-refractivity contribution is -0.139. The van der Waals surface area contributed by atoms with Gasteiger partial charge in [0.1, 0.15) is 0 Å². The predicted octanol–water partition coefficient (Wildman–Crippen LogP) is -2.92. The Morgan fingerprint density at radius 1 is 1.38 bits per heavy atom. The second-order valence-electron chi connectivity index (χ2n) is 0.914. The summed E-state index contributed by atoms with van der Waals surface area (Å²) in [6.45, 7) is 0. The van der Waals surface area contributed by atoms with Crippen LogP contribution < -0.4 is 22.5 Å². The molecule has 0 aromatic carbocycles. The number of carbonyl (C=O) groups is 2. The second kappa shape index (κ2) is 2.94. The standard InChI is InChI=1S/C2H4N4O2/c3-5-1(7)2(8)6-4/h3H2,(H,5,7)(H,6,8). The van der Waals surface area contributed by atoms with Crippen molar-refractivity contribution in [3.63, 3.8) is 0 Å². The monoisotopic (exact) mass is 116 g/mol. The van der Waals surface area contributed by atoms with E-state index in [-0.39, 0.29) is 0 Å². The third-order valence-corrected chi connectivity index (χ3v) is 0.439. The summed E-state index contributed by atoms with van der Waals surface area (Å²) in [7, 11) is 0. The Balaban J connectivity index is 3.64. The van der Waals surface area contributed by atoms with Crippen molar-refractivity contribution < 1.29 is 9.59 Å². The van der Waals surface area contributed by atoms with Crippen LogP contribution in [-0.2, 0) is 9.59 Å². The fourth-order valence-electron chi connectivity index (χ4n) is 0.116. The highest BCUT2D eigenvalue weighted by Crippen LogP contribution is 1.56. The van der Waals surface area contributed by atoms with E-state index in [1.54, 1.807) is 0 Å². The molecule has 0 unspecified atom stereocenters. The van der Waals surface area contributed by atoms with Crippen LogP contribution in [0.1, 0.15) is 0 Å². The summed E-state index contributed by atoms with van der Waals surface area (Å²) in [5, 5.41) is 0. The van der Waals surface area contributed by atoms with Crippen molar-refractivity contribution in [3.8, 4) is 0 Å². The molecule has 0 saturated carbocycles. The Morgan fingerprint density at radius 2 is 1.88 bits per heavy atom. The number of rotatable bonds is 0. The van der Waals surface area contributed by atoms with Gasteiger partial charge in [-0.25, -0.2) is 11.3 Å². The van der Waals surface area contributed by atoms with Crippen molar-refractivity contribution >= 4 is 11.8 Å². The van der Waals surface area contributed by atoms with Crippen LogP contribution in [0.2, 0.25) is 0 Å². The molecule has 0 aromatic rings. The number of hydrazine groups is 1. The van der Waals surface area contributed by atoms with Crippen LogP contribution in [0.5, 0.6) is 0 Å². The quantitative estimate of drug-likeness (QED) is 0.136. The van der Waals surface area contributed by atoms with Crippen LogP contribution in [0, 0.1) is 0 Å². The molecule has 0 aliphatic carbocycles. The fraction of sp³-hybridized carbons (Fsp3) is 0. The first-order valence-electron chi connectivity index (χ1n) is 1.67. The minimum atomic E-state index is -1.19. The van der Waals surface area contributed by atoms with Crippen molar-refractivity contribution in [2.45, 2.75) is 0 Å². The van der Waals surface area contributed by atoms with Crippen molar-refractivity contribution in [1.82, 2.24) is 16.7 Å². The Hall–Kier alpha value is -1.14. The van der Waals surface area contributed by atoms with Crippen molar-refractivity contribution in [2.24, 2.45) is 5.84 Å². The predicted molar refractivity (Wildman–Crippen MR) is 22.6 cm³/mol. The molecule has 44 valence electrons. The van der Waals surface area contributed by atoms with Crippen LogP contribution in [0.15, 0.2) is 0 Å². The van der Waals surface area contributed by atoms with E-state index in [4.69, 9.17) is 5.84 Å². The molecule has 0 aromatic heterocycles. The van der Waals surface area contributed by atoms with Gasteiger partial charge in [0.05, 0.1) is 0 Å². The zero-order valence-corrected chi connectivity index (χ0v) is 3.84. The summed E-state index contributed by atoms with van der Waals surface area (Å²) in [4.78, 5) is 19.8. The van der Waals surface area contributed by atoms with Gasteiger partial charge >= 0.3 is 11.8 Å². The van der Waals surface area contributed by atoms with Crippen LogP contribution in [0.4, 0.5) is 0 Å². The molecular formula is C2H4N4O2. The fourth-order valence-corrected chi connectivity index (χ4v) is 0.116. The molecule has 0 heterocycles. The minimum absolute atomic E-state index is 1.08. The molecule has 6 heteroatoms. The summed E-state index contributed by atoms with van der Waals surface area (Å²) >= 11 is 0. The third-order valence-electron chi connectivity index (χ3n) is 0.439. The van der Waals surface area contributed by atoms with Crippen LogP contribution in [-0.4, -0.2) is 11.8 Å². The summed E-state index contributed by atoms with van der Waals surface area (Å²) in [5.41, 5.74) is 2.59. The maximum atomic E-state index is 9.93. The highest BCUT2D eigenvalue weighted by Gasteiger charge is 2.07. The van der Waals surface area contributed by atoms with E-state index in [1.807, 2.05) is 0 Å². The van der Waals surface area contributed by atoms with E-state index in [9.17, 15) is 9.59 Å². The van der Waals surface area contributed by atoms with Gasteiger partial charge in [0.15, 0.2) is 0 Å². The minimum Gasteiger partial charge on any atom is -0.286 e. The van der Waals surface area contributed by atoms with Gasteiger partial charge in [-0.05, 0) is 5.84 Å². The number of hydrogen-bond donors (Lipinski definition) is 3. The SMILES string of the molecule is [N]NC(=O)C(=O)NN. The largest absolute Gasteiger partial charge is 0.327 e. The highest BCUT2D eigenvalue weighted by atomic mass is 16.2. The first-order valence-corrected chi connectivity index (χ1v) is 1.67. The van der Waals surface area contributed by atoms with Gasteiger partial charge < -0.3 is 0 Å². The van der Waals surface area contributed by atoms with E-state index in [1.165, 1.54) is 5.43 Å². The Kier molecular flexibility index (Phi) is 2.52. The maximum Gasteiger partial charge on any atom is 0.327 e. The molecule has 0 atom stereocenters. The molecule has 2 radical (unpaired) electrons. The van der Waals surface area contributed by atoms with Crippen LogP contribution >= 0.6 is 0 Å². The first kappa shape index (κ1) is 6.86. The number of nitrogens with zero attached hydrogens (tertiary/aromatic N) is 1. The maximum absolute atomic E-state index is 9.93. The van der Waals surface area contributed by atoms with Crippen molar-refractivity contribution in [1.29, 1.82) is 0 Å². The number of nitrogens with one attached hydrogen (secondary N) is 2. The van der Waals surface area contributed by atoms with Crippen LogP contribution in [0.25, 0.3) is 0 Å². The summed E-state index contributed by atoms with van der Waals surface area (Å²) in [6, 6.07) is 0. The average Bonchev–Trinajstić information content (AvgIpc) is 1.84. The molecule has 0 aliphatic rings. The zero-order valence-electron chi connectivity index (χ0n) is 3.84. The zero-order chi connectivity index (χ0) is 6.57. The molecule has 0 saturated heterocycles. The molecule has 0 aliphatic heterocycles. The molecule has 0 bridgehead atoms. The summed E-state index contributed by atoms with van der Waals surface area (Å²) in [6.07, 6.45) is 0. The van der Waals surface area contributed by atoms with E-state index >= 15 is 0 Å². The van der Waals surface area contributed by atoms with E-state index in [0.29, 0.717) is 0 Å². The summed E-state index contributed by atoms with van der Waals surface area (Å²) in [5.74, 6) is 9.92. The average molecular weight is 116 g/mol. The Bertz CT molecular complexity index is 96.6. The number of amides is 2. The van der Waals surface area contributed by atoms with Gasteiger partial charge in [-0.2, -0.15) is 0 Å². The van der Waals surface area contributed by atoms with Gasteiger partial charge in [0, 0.05) is 0 Å². The van der Waals surface area contributed by atoms with Gasteiger partial charge in [-0.1, -0.05) is 0 Å². The molecule has 6 nitrogen and oxygen atoms in total. The molecular weight excluding hydrogens is 112 g/mol. The van der Waals surface area contributed by atoms with Crippen LogP contribution in [0.3, 0.4) is 0 Å². The lowest BCUT2D eigenvalue weighted by Crippen LogP contribution is -2.42. The molecule has 8 heavy (non-hydrogen) atoms. The molecule has 0 rings (SSSR count). The number of carbonyl (C=O) groups excluding carboxylic acids is 2. The first-order chi connectivity index (χ1) is 3.72.